The van der Waals surface area contributed by atoms with E-state index < -0.39 is 0 Å². The quantitative estimate of drug-likeness (QED) is 0.686. The van der Waals surface area contributed by atoms with E-state index in [-0.39, 0.29) is 0 Å². The normalized spacial score (nSPS) is 12.6. The summed E-state index contributed by atoms with van der Waals surface area (Å²) in [4.78, 5) is 0. The summed E-state index contributed by atoms with van der Waals surface area (Å²) in [6, 6.07) is 2.60. The van der Waals surface area contributed by atoms with E-state index in [1.165, 1.54) is 17.0 Å². The molecule has 3 nitrogen and oxygen atoms in total. The predicted molar refractivity (Wildman–Crippen MR) is 82.4 cm³/mol. The van der Waals surface area contributed by atoms with Gasteiger partial charge in [-0.25, -0.2) is 0 Å². The molecule has 0 radical (unpaired) electrons. The predicted octanol–water partition coefficient (Wildman–Crippen LogP) is 3.86. The van der Waals surface area contributed by atoms with Crippen molar-refractivity contribution in [2.45, 2.75) is 66.0 Å². The third-order valence-electron chi connectivity index (χ3n) is 3.51. The largest absolute Gasteiger partial charge is 0.308 e. The molecular weight excluding hydrogens is 234 g/mol. The molecule has 1 aromatic heterocycles. The molecule has 0 saturated heterocycles. The summed E-state index contributed by atoms with van der Waals surface area (Å²) >= 11 is 0. The maximum atomic E-state index is 4.66. The van der Waals surface area contributed by atoms with E-state index in [0.29, 0.717) is 6.04 Å². The minimum absolute atomic E-state index is 0.347. The van der Waals surface area contributed by atoms with E-state index in [1.807, 2.05) is 0 Å². The highest BCUT2D eigenvalue weighted by molar-refractivity contribution is 5.17. The lowest BCUT2D eigenvalue weighted by Gasteiger charge is -2.20. The summed E-state index contributed by atoms with van der Waals surface area (Å²) in [5.41, 5.74) is 3.79. The second-order valence-corrected chi connectivity index (χ2v) is 5.04. The lowest BCUT2D eigenvalue weighted by atomic mass is 10.0. The third-order valence-corrected chi connectivity index (χ3v) is 3.51. The van der Waals surface area contributed by atoms with Gasteiger partial charge in [-0.2, -0.15) is 5.10 Å². The van der Waals surface area contributed by atoms with Crippen molar-refractivity contribution in [2.75, 3.05) is 6.54 Å². The van der Waals surface area contributed by atoms with Crippen molar-refractivity contribution in [1.29, 1.82) is 0 Å². The van der Waals surface area contributed by atoms with E-state index in [9.17, 15) is 0 Å². The van der Waals surface area contributed by atoms with Crippen LogP contribution in [0.25, 0.3) is 0 Å². The molecule has 1 unspecified atom stereocenters. The summed E-state index contributed by atoms with van der Waals surface area (Å²) in [6.07, 6.45) is 4.20. The minimum Gasteiger partial charge on any atom is -0.308 e. The van der Waals surface area contributed by atoms with Crippen LogP contribution in [0, 0.1) is 0 Å². The third kappa shape index (κ3) is 4.50. The van der Waals surface area contributed by atoms with Gasteiger partial charge in [0.05, 0.1) is 17.4 Å². The Hall–Kier alpha value is -1.09. The van der Waals surface area contributed by atoms with E-state index in [4.69, 9.17) is 0 Å². The van der Waals surface area contributed by atoms with Gasteiger partial charge in [-0.1, -0.05) is 32.9 Å². The van der Waals surface area contributed by atoms with Crippen LogP contribution in [0.5, 0.6) is 0 Å². The number of nitrogens with one attached hydrogen (secondary N) is 1. The number of aromatic nitrogens is 2. The number of aryl methyl sites for hydroxylation is 2. The minimum atomic E-state index is 0.347. The van der Waals surface area contributed by atoms with Gasteiger partial charge in [0.1, 0.15) is 0 Å². The molecule has 3 heteroatoms. The summed E-state index contributed by atoms with van der Waals surface area (Å²) in [7, 11) is 0. The standard InChI is InChI=1S/C16H29N3/c1-6-10-17-15(11-13(5)7-2)16-12-14(8-3)18-19(16)9-4/h12,15,17H,5-11H2,1-4H3. The molecule has 0 fully saturated rings. The van der Waals surface area contributed by atoms with Crippen LogP contribution in [0.1, 0.15) is 64.4 Å². The molecule has 0 bridgehead atoms. The van der Waals surface area contributed by atoms with Crippen molar-refractivity contribution in [3.63, 3.8) is 0 Å². The monoisotopic (exact) mass is 263 g/mol. The van der Waals surface area contributed by atoms with Crippen molar-refractivity contribution in [3.05, 3.63) is 29.6 Å². The van der Waals surface area contributed by atoms with Crippen LogP contribution >= 0.6 is 0 Å². The van der Waals surface area contributed by atoms with Gasteiger partial charge < -0.3 is 5.32 Å². The molecule has 108 valence electrons. The van der Waals surface area contributed by atoms with Gasteiger partial charge in [0.15, 0.2) is 0 Å². The topological polar surface area (TPSA) is 29.9 Å². The number of hydrogen-bond donors (Lipinski definition) is 1. The number of hydrogen-bond acceptors (Lipinski definition) is 2. The van der Waals surface area contributed by atoms with Crippen molar-refractivity contribution in [3.8, 4) is 0 Å². The molecule has 0 aromatic carbocycles. The van der Waals surface area contributed by atoms with Gasteiger partial charge in [0.25, 0.3) is 0 Å². The smallest absolute Gasteiger partial charge is 0.0625 e. The van der Waals surface area contributed by atoms with Crippen molar-refractivity contribution >= 4 is 0 Å². The van der Waals surface area contributed by atoms with Gasteiger partial charge in [-0.05, 0) is 45.2 Å². The molecule has 1 heterocycles. The van der Waals surface area contributed by atoms with Gasteiger partial charge in [0, 0.05) is 6.54 Å². The second kappa shape index (κ2) is 8.16. The fourth-order valence-electron chi connectivity index (χ4n) is 2.23. The van der Waals surface area contributed by atoms with Crippen LogP contribution in [-0.4, -0.2) is 16.3 Å². The summed E-state index contributed by atoms with van der Waals surface area (Å²) in [6.45, 7) is 14.8. The second-order valence-electron chi connectivity index (χ2n) is 5.04. The Morgan fingerprint density at radius 2 is 2.11 bits per heavy atom. The molecule has 1 atom stereocenters. The molecule has 0 aliphatic carbocycles. The Kier molecular flexibility index (Phi) is 6.85. The Balaban J connectivity index is 2.94. The SMILES string of the molecule is C=C(CC)CC(NCCC)c1cc(CC)nn1CC. The molecule has 1 N–H and O–H groups in total. The lowest BCUT2D eigenvalue weighted by molar-refractivity contribution is 0.474. The number of nitrogens with zero attached hydrogens (tertiary/aromatic N) is 2. The average Bonchev–Trinajstić information content (AvgIpc) is 2.86. The Morgan fingerprint density at radius 1 is 1.37 bits per heavy atom. The Labute approximate surface area is 118 Å². The zero-order chi connectivity index (χ0) is 14.3. The average molecular weight is 263 g/mol. The first-order valence-electron chi connectivity index (χ1n) is 7.62. The first-order valence-corrected chi connectivity index (χ1v) is 7.62. The molecule has 0 amide bonds. The molecular formula is C16H29N3. The fourth-order valence-corrected chi connectivity index (χ4v) is 2.23. The Morgan fingerprint density at radius 3 is 2.63 bits per heavy atom. The molecule has 19 heavy (non-hydrogen) atoms. The van der Waals surface area contributed by atoms with E-state index in [0.717, 1.165) is 38.8 Å². The first kappa shape index (κ1) is 16.0. The number of rotatable bonds is 9. The van der Waals surface area contributed by atoms with E-state index in [1.54, 1.807) is 0 Å². The van der Waals surface area contributed by atoms with Crippen LogP contribution < -0.4 is 5.32 Å². The van der Waals surface area contributed by atoms with Crippen molar-refractivity contribution in [1.82, 2.24) is 15.1 Å². The van der Waals surface area contributed by atoms with Crippen LogP contribution in [0.3, 0.4) is 0 Å². The molecule has 0 aliphatic heterocycles. The first-order chi connectivity index (χ1) is 9.15. The fraction of sp³-hybridized carbons (Fsp3) is 0.688. The van der Waals surface area contributed by atoms with Gasteiger partial charge >= 0.3 is 0 Å². The van der Waals surface area contributed by atoms with Gasteiger partial charge in [-0.3, -0.25) is 4.68 Å². The highest BCUT2D eigenvalue weighted by Gasteiger charge is 2.17. The van der Waals surface area contributed by atoms with Crippen LogP contribution in [0.2, 0.25) is 0 Å². The molecule has 0 aliphatic rings. The van der Waals surface area contributed by atoms with Crippen LogP contribution in [0.4, 0.5) is 0 Å². The highest BCUT2D eigenvalue weighted by atomic mass is 15.3. The van der Waals surface area contributed by atoms with Gasteiger partial charge in [0.2, 0.25) is 0 Å². The molecule has 1 aromatic rings. The summed E-state index contributed by atoms with van der Waals surface area (Å²) in [5.74, 6) is 0. The van der Waals surface area contributed by atoms with Crippen molar-refractivity contribution in [2.24, 2.45) is 0 Å². The summed E-state index contributed by atoms with van der Waals surface area (Å²) < 4.78 is 2.13. The van der Waals surface area contributed by atoms with Gasteiger partial charge in [-0.15, -0.1) is 0 Å². The molecule has 1 rings (SSSR count). The van der Waals surface area contributed by atoms with E-state index in [2.05, 4.69) is 55.4 Å². The van der Waals surface area contributed by atoms with Crippen molar-refractivity contribution < 1.29 is 0 Å². The molecule has 0 spiro atoms. The maximum Gasteiger partial charge on any atom is 0.0625 e. The summed E-state index contributed by atoms with van der Waals surface area (Å²) in [5, 5.41) is 8.30. The van der Waals surface area contributed by atoms with E-state index >= 15 is 0 Å². The van der Waals surface area contributed by atoms with Crippen LogP contribution in [-0.2, 0) is 13.0 Å². The molecule has 0 saturated carbocycles. The maximum absolute atomic E-state index is 4.66. The zero-order valence-electron chi connectivity index (χ0n) is 13.0. The zero-order valence-corrected chi connectivity index (χ0v) is 13.0. The van der Waals surface area contributed by atoms with Crippen LogP contribution in [0.15, 0.2) is 18.2 Å². The Bertz CT molecular complexity index is 393. The highest BCUT2D eigenvalue weighted by Crippen LogP contribution is 2.23. The lowest BCUT2D eigenvalue weighted by Crippen LogP contribution is -2.25.